The van der Waals surface area contributed by atoms with Crippen molar-refractivity contribution in [1.82, 2.24) is 0 Å². The molecule has 4 aromatic carbocycles. The molecule has 0 saturated heterocycles. The summed E-state index contributed by atoms with van der Waals surface area (Å²) in [5, 5.41) is 9.31. The quantitative estimate of drug-likeness (QED) is 0.380. The second-order valence-corrected chi connectivity index (χ2v) is 10.6. The van der Waals surface area contributed by atoms with Gasteiger partial charge in [-0.05, 0) is 64.6 Å². The Morgan fingerprint density at radius 2 is 1.56 bits per heavy atom. The highest BCUT2D eigenvalue weighted by Crippen LogP contribution is 2.34. The van der Waals surface area contributed by atoms with Gasteiger partial charge in [-0.15, -0.1) is 0 Å². The van der Waals surface area contributed by atoms with E-state index in [0.29, 0.717) is 10.5 Å². The molecule has 168 valence electrons. The van der Waals surface area contributed by atoms with Crippen LogP contribution in [0.5, 0.6) is 0 Å². The third-order valence-electron chi connectivity index (χ3n) is 6.41. The average molecular weight is 465 g/mol. The molecule has 1 aliphatic heterocycles. The number of hydrogen-bond donors (Lipinski definition) is 0. The fourth-order valence-corrected chi connectivity index (χ4v) is 5.62. The van der Waals surface area contributed by atoms with E-state index in [9.17, 15) is 13.7 Å². The fraction of sp³-hybridized carbons (Fsp3) is 0.138. The molecular weight excluding hydrogens is 440 g/mol. The van der Waals surface area contributed by atoms with Gasteiger partial charge in [-0.1, -0.05) is 60.7 Å². The van der Waals surface area contributed by atoms with Gasteiger partial charge < -0.3 is 4.90 Å². The van der Waals surface area contributed by atoms with E-state index in [-0.39, 0.29) is 0 Å². The molecule has 0 radical (unpaired) electrons. The summed E-state index contributed by atoms with van der Waals surface area (Å²) in [5.74, 6) is 0. The zero-order chi connectivity index (χ0) is 23.7. The van der Waals surface area contributed by atoms with Crippen molar-refractivity contribution in [3.8, 4) is 28.3 Å². The zero-order valence-electron chi connectivity index (χ0n) is 18.9. The summed E-state index contributed by atoms with van der Waals surface area (Å²) in [7, 11) is -3.31. The molecule has 0 fully saturated rings. The van der Waals surface area contributed by atoms with Crippen molar-refractivity contribution in [3.63, 3.8) is 0 Å². The Bertz CT molecular complexity index is 1520. The van der Waals surface area contributed by atoms with Crippen molar-refractivity contribution in [1.29, 1.82) is 5.26 Å². The third kappa shape index (κ3) is 4.21. The second kappa shape index (κ2) is 8.81. The maximum absolute atomic E-state index is 12.2. The molecule has 0 atom stereocenters. The van der Waals surface area contributed by atoms with Crippen molar-refractivity contribution < 1.29 is 8.42 Å². The Kier molecular flexibility index (Phi) is 5.69. The number of hydrogen-bond acceptors (Lipinski definition) is 4. The number of nitriles is 1. The Labute approximate surface area is 200 Å². The molecular formula is C29H24N2O2S. The van der Waals surface area contributed by atoms with Gasteiger partial charge in [0.2, 0.25) is 0 Å². The predicted molar refractivity (Wildman–Crippen MR) is 136 cm³/mol. The number of benzene rings is 4. The summed E-state index contributed by atoms with van der Waals surface area (Å²) in [6.07, 6.45) is 2.19. The van der Waals surface area contributed by atoms with Crippen LogP contribution in [-0.2, 0) is 22.8 Å². The molecule has 4 aromatic rings. The van der Waals surface area contributed by atoms with Gasteiger partial charge in [0.25, 0.3) is 0 Å². The van der Waals surface area contributed by atoms with Crippen LogP contribution in [0.1, 0.15) is 16.7 Å². The second-order valence-electron chi connectivity index (χ2n) is 8.62. The van der Waals surface area contributed by atoms with E-state index in [1.165, 1.54) is 17.4 Å². The Morgan fingerprint density at radius 3 is 2.32 bits per heavy atom. The van der Waals surface area contributed by atoms with E-state index in [4.69, 9.17) is 0 Å². The highest BCUT2D eigenvalue weighted by molar-refractivity contribution is 7.90. The fourth-order valence-electron chi connectivity index (χ4n) is 4.71. The van der Waals surface area contributed by atoms with Crippen molar-refractivity contribution in [2.45, 2.75) is 17.9 Å². The molecule has 0 saturated carbocycles. The van der Waals surface area contributed by atoms with Gasteiger partial charge in [0.1, 0.15) is 0 Å². The maximum Gasteiger partial charge on any atom is 0.176 e. The van der Waals surface area contributed by atoms with Crippen LogP contribution in [0.3, 0.4) is 0 Å². The van der Waals surface area contributed by atoms with Gasteiger partial charge >= 0.3 is 0 Å². The van der Waals surface area contributed by atoms with Gasteiger partial charge in [0.15, 0.2) is 9.84 Å². The predicted octanol–water partition coefficient (Wildman–Crippen LogP) is 5.86. The molecule has 1 heterocycles. The molecule has 5 heteroatoms. The smallest absolute Gasteiger partial charge is 0.176 e. The largest absolute Gasteiger partial charge is 0.367 e. The lowest BCUT2D eigenvalue weighted by molar-refractivity contribution is 0.602. The number of sulfone groups is 1. The molecule has 0 aromatic heterocycles. The first kappa shape index (κ1) is 21.9. The number of fused-ring (bicyclic) bond motifs is 1. The monoisotopic (exact) mass is 464 g/mol. The SMILES string of the molecule is CS(=O)(=O)c1ccccc1-c1ccc(N2CCc3cccc(-c4cccc(C#N)c4)c3C2)cc1. The molecule has 34 heavy (non-hydrogen) atoms. The van der Waals surface area contributed by atoms with Crippen LogP contribution in [0.2, 0.25) is 0 Å². The van der Waals surface area contributed by atoms with E-state index in [1.54, 1.807) is 12.1 Å². The molecule has 1 aliphatic rings. The summed E-state index contributed by atoms with van der Waals surface area (Å²) in [5.41, 5.74) is 8.23. The van der Waals surface area contributed by atoms with Crippen LogP contribution in [0, 0.1) is 11.3 Å². The standard InChI is InChI=1S/C29H24N2O2S/c1-34(32,33)29-11-3-2-9-27(29)23-12-14-25(15-13-23)31-17-16-22-7-5-10-26(28(22)20-31)24-8-4-6-21(18-24)19-30/h2-15,18H,16-17,20H2,1H3. The van der Waals surface area contributed by atoms with E-state index < -0.39 is 9.84 Å². The molecule has 0 aliphatic carbocycles. The maximum atomic E-state index is 12.2. The van der Waals surface area contributed by atoms with Crippen LogP contribution in [-0.4, -0.2) is 21.2 Å². The molecule has 0 N–H and O–H groups in total. The van der Waals surface area contributed by atoms with E-state index in [0.717, 1.165) is 47.5 Å². The van der Waals surface area contributed by atoms with Crippen molar-refractivity contribution in [2.75, 3.05) is 17.7 Å². The Hall–Kier alpha value is -3.88. The van der Waals surface area contributed by atoms with Crippen LogP contribution < -0.4 is 4.90 Å². The summed E-state index contributed by atoms with van der Waals surface area (Å²) in [6, 6.07) is 31.7. The van der Waals surface area contributed by atoms with Crippen LogP contribution >= 0.6 is 0 Å². The minimum Gasteiger partial charge on any atom is -0.367 e. The minimum absolute atomic E-state index is 0.346. The van der Waals surface area contributed by atoms with Crippen molar-refractivity contribution in [2.24, 2.45) is 0 Å². The third-order valence-corrected chi connectivity index (χ3v) is 7.56. The van der Waals surface area contributed by atoms with Gasteiger partial charge in [-0.3, -0.25) is 0 Å². The van der Waals surface area contributed by atoms with E-state index >= 15 is 0 Å². The minimum atomic E-state index is -3.31. The lowest BCUT2D eigenvalue weighted by Gasteiger charge is -2.32. The van der Waals surface area contributed by atoms with Gasteiger partial charge in [-0.2, -0.15) is 5.26 Å². The van der Waals surface area contributed by atoms with E-state index in [2.05, 4.69) is 47.4 Å². The van der Waals surface area contributed by atoms with Crippen LogP contribution in [0.15, 0.2) is 95.9 Å². The number of rotatable bonds is 4. The molecule has 0 bridgehead atoms. The van der Waals surface area contributed by atoms with Crippen molar-refractivity contribution in [3.05, 3.63) is 108 Å². The highest BCUT2D eigenvalue weighted by Gasteiger charge is 2.21. The molecule has 0 spiro atoms. The average Bonchev–Trinajstić information content (AvgIpc) is 2.87. The number of anilines is 1. The first-order chi connectivity index (χ1) is 16.4. The topological polar surface area (TPSA) is 61.2 Å². The highest BCUT2D eigenvalue weighted by atomic mass is 32.2. The first-order valence-corrected chi connectivity index (χ1v) is 13.1. The number of nitrogens with zero attached hydrogens (tertiary/aromatic N) is 2. The van der Waals surface area contributed by atoms with Gasteiger partial charge in [0.05, 0.1) is 16.5 Å². The van der Waals surface area contributed by atoms with E-state index in [1.807, 2.05) is 42.5 Å². The summed E-state index contributed by atoms with van der Waals surface area (Å²) in [4.78, 5) is 2.70. The Morgan fingerprint density at radius 1 is 0.824 bits per heavy atom. The summed E-state index contributed by atoms with van der Waals surface area (Å²) >= 11 is 0. The first-order valence-electron chi connectivity index (χ1n) is 11.2. The van der Waals surface area contributed by atoms with Crippen molar-refractivity contribution >= 4 is 15.5 Å². The molecule has 0 amide bonds. The normalized spacial score (nSPS) is 13.2. The van der Waals surface area contributed by atoms with Gasteiger partial charge in [0, 0.05) is 30.6 Å². The summed E-state index contributed by atoms with van der Waals surface area (Å²) < 4.78 is 24.4. The van der Waals surface area contributed by atoms with Gasteiger partial charge in [-0.25, -0.2) is 8.42 Å². The molecule has 0 unspecified atom stereocenters. The molecule has 5 rings (SSSR count). The lowest BCUT2D eigenvalue weighted by Crippen LogP contribution is -2.30. The Balaban J connectivity index is 1.46. The zero-order valence-corrected chi connectivity index (χ0v) is 19.7. The van der Waals surface area contributed by atoms with Crippen LogP contribution in [0.4, 0.5) is 5.69 Å². The summed E-state index contributed by atoms with van der Waals surface area (Å²) in [6.45, 7) is 1.69. The lowest BCUT2D eigenvalue weighted by atomic mass is 9.90. The molecule has 4 nitrogen and oxygen atoms in total. The van der Waals surface area contributed by atoms with Crippen LogP contribution in [0.25, 0.3) is 22.3 Å².